The molecule has 0 spiro atoms. The molecule has 1 aliphatic heterocycles. The molecule has 3 nitrogen and oxygen atoms in total. The van der Waals surface area contributed by atoms with Gasteiger partial charge in [0.2, 0.25) is 0 Å². The molecule has 0 bridgehead atoms. The molecule has 8 heavy (non-hydrogen) atoms. The van der Waals surface area contributed by atoms with Gasteiger partial charge >= 0.3 is 22.5 Å². The third-order valence-corrected chi connectivity index (χ3v) is 0.702. The number of rotatable bonds is 0. The van der Waals surface area contributed by atoms with E-state index in [1.54, 1.807) is 0 Å². The third kappa shape index (κ3) is 6.08. The van der Waals surface area contributed by atoms with Crippen molar-refractivity contribution in [2.45, 2.75) is 12.8 Å². The molecular formula is C4H7MnO3-. The van der Waals surface area contributed by atoms with Crippen LogP contribution in [0.25, 0.3) is 0 Å². The summed E-state index contributed by atoms with van der Waals surface area (Å²) in [6, 6.07) is 0. The van der Waals surface area contributed by atoms with E-state index in [0.29, 0.717) is 0 Å². The first kappa shape index (κ1) is 8.08. The van der Waals surface area contributed by atoms with Crippen molar-refractivity contribution in [1.82, 2.24) is 0 Å². The summed E-state index contributed by atoms with van der Waals surface area (Å²) in [6.45, 7) is 2.81. The Morgan fingerprint density at radius 2 is 2.12 bits per heavy atom. The molecule has 0 amide bonds. The van der Waals surface area contributed by atoms with E-state index in [-0.39, 0.29) is 0 Å². The second kappa shape index (κ2) is 7.08. The average Bonchev–Trinajstić information content (AvgIpc) is 2.17. The van der Waals surface area contributed by atoms with Gasteiger partial charge in [-0.15, -0.1) is 0 Å². The zero-order valence-corrected chi connectivity index (χ0v) is 5.48. The van der Waals surface area contributed by atoms with Crippen LogP contribution in [0.1, 0.15) is 12.8 Å². The van der Waals surface area contributed by atoms with Crippen molar-refractivity contribution < 1.29 is 27.2 Å². The van der Waals surface area contributed by atoms with Crippen molar-refractivity contribution >= 4 is 0 Å². The van der Waals surface area contributed by atoms with Crippen LogP contribution in [0.5, 0.6) is 0 Å². The van der Waals surface area contributed by atoms with Gasteiger partial charge in [-0.1, -0.05) is 6.42 Å². The number of hydrogen-bond acceptors (Lipinski definition) is 3. The average molecular weight is 158 g/mol. The van der Waals surface area contributed by atoms with E-state index in [1.807, 2.05) is 6.61 Å². The van der Waals surface area contributed by atoms with Crippen LogP contribution >= 0.6 is 0 Å². The Balaban J connectivity index is 0.000000145. The van der Waals surface area contributed by atoms with E-state index in [9.17, 15) is 0 Å². The van der Waals surface area contributed by atoms with E-state index in [4.69, 9.17) is 12.4 Å². The van der Waals surface area contributed by atoms with E-state index in [2.05, 4.69) is 0 Å². The van der Waals surface area contributed by atoms with E-state index < -0.39 is 14.8 Å². The molecular weight excluding hydrogens is 151 g/mol. The summed E-state index contributed by atoms with van der Waals surface area (Å²) < 4.78 is 21.6. The summed E-state index contributed by atoms with van der Waals surface area (Å²) in [7, 11) is 0. The zero-order valence-electron chi connectivity index (χ0n) is 4.30. The van der Waals surface area contributed by atoms with Gasteiger partial charge in [0.1, 0.15) is 0 Å². The maximum atomic E-state index is 8.41. The van der Waals surface area contributed by atoms with Crippen LogP contribution in [0.15, 0.2) is 0 Å². The van der Waals surface area contributed by atoms with Gasteiger partial charge in [0, 0.05) is 6.61 Å². The minimum absolute atomic E-state index is 0.944. The summed E-state index contributed by atoms with van der Waals surface area (Å²) in [5.74, 6) is 0. The molecule has 1 saturated heterocycles. The minimum atomic E-state index is -1.44. The van der Waals surface area contributed by atoms with Crippen LogP contribution in [0.3, 0.4) is 0 Å². The Kier molecular flexibility index (Phi) is 7.15. The Bertz CT molecular complexity index is 65.7. The first-order valence-corrected chi connectivity index (χ1v) is 3.21. The molecule has 1 rings (SSSR count). The van der Waals surface area contributed by atoms with Crippen molar-refractivity contribution in [1.29, 1.82) is 0 Å². The first-order valence-electron chi connectivity index (χ1n) is 2.24. The zero-order chi connectivity index (χ0) is 6.24. The van der Waals surface area contributed by atoms with Crippen LogP contribution in [0.2, 0.25) is 0 Å². The fourth-order valence-corrected chi connectivity index (χ4v) is 0.417. The molecule has 0 atom stereocenters. The molecule has 0 aromatic carbocycles. The summed E-state index contributed by atoms with van der Waals surface area (Å²) in [6.07, 6.45) is 2.38. The Labute approximate surface area is 54.0 Å². The van der Waals surface area contributed by atoms with Crippen LogP contribution in [0, 0.1) is 6.61 Å². The van der Waals surface area contributed by atoms with Gasteiger partial charge in [-0.2, -0.15) is 6.42 Å². The van der Waals surface area contributed by atoms with Crippen molar-refractivity contribution in [2.24, 2.45) is 0 Å². The van der Waals surface area contributed by atoms with Gasteiger partial charge in [0.25, 0.3) is 0 Å². The normalized spacial score (nSPS) is 16.5. The Morgan fingerprint density at radius 3 is 2.25 bits per heavy atom. The summed E-state index contributed by atoms with van der Waals surface area (Å²) >= 11 is -1.44. The first-order chi connectivity index (χ1) is 3.91. The summed E-state index contributed by atoms with van der Waals surface area (Å²) in [5, 5.41) is 0. The maximum absolute atomic E-state index is 8.41. The van der Waals surface area contributed by atoms with Gasteiger partial charge in [-0.25, -0.2) is 6.61 Å². The summed E-state index contributed by atoms with van der Waals surface area (Å²) in [4.78, 5) is 0. The van der Waals surface area contributed by atoms with Crippen LogP contribution in [0.4, 0.5) is 0 Å². The van der Waals surface area contributed by atoms with Crippen LogP contribution in [-0.4, -0.2) is 6.61 Å². The molecule has 0 aromatic rings. The number of hydrogen-bond donors (Lipinski definition) is 0. The van der Waals surface area contributed by atoms with Crippen molar-refractivity contribution in [3.05, 3.63) is 6.61 Å². The molecule has 0 N–H and O–H groups in total. The van der Waals surface area contributed by atoms with Gasteiger partial charge in [-0.3, -0.25) is 0 Å². The summed E-state index contributed by atoms with van der Waals surface area (Å²) in [5.41, 5.74) is 0. The van der Waals surface area contributed by atoms with E-state index in [0.717, 1.165) is 13.0 Å². The molecule has 0 aliphatic carbocycles. The van der Waals surface area contributed by atoms with Crippen molar-refractivity contribution in [2.75, 3.05) is 6.61 Å². The second-order valence-corrected chi connectivity index (χ2v) is 1.44. The number of ether oxygens (including phenoxy) is 1. The standard InChI is InChI=1S/C4H7O.Mn.2O/c1-2-4-5-3-1;;;/h3H,1-2,4H2;;;/q-1;;;. The fourth-order valence-electron chi connectivity index (χ4n) is 0.417. The van der Waals surface area contributed by atoms with Crippen molar-refractivity contribution in [3.63, 3.8) is 0 Å². The van der Waals surface area contributed by atoms with Gasteiger partial charge in [0.15, 0.2) is 0 Å². The van der Waals surface area contributed by atoms with E-state index >= 15 is 0 Å². The predicted molar refractivity (Wildman–Crippen MR) is 20.9 cm³/mol. The Hall–Kier alpha value is 0.0795. The predicted octanol–water partition coefficient (Wildman–Crippen LogP) is 0.718. The molecule has 0 aromatic heterocycles. The molecule has 49 valence electrons. The Morgan fingerprint density at radius 1 is 1.50 bits per heavy atom. The van der Waals surface area contributed by atoms with Crippen molar-refractivity contribution in [3.8, 4) is 0 Å². The van der Waals surface area contributed by atoms with Crippen LogP contribution < -0.4 is 0 Å². The topological polar surface area (TPSA) is 43.4 Å². The van der Waals surface area contributed by atoms with Gasteiger partial charge in [-0.05, 0) is 0 Å². The second-order valence-electron chi connectivity index (χ2n) is 1.24. The quantitative estimate of drug-likeness (QED) is 0.385. The van der Waals surface area contributed by atoms with Gasteiger partial charge in [0.05, 0.1) is 0 Å². The van der Waals surface area contributed by atoms with Gasteiger partial charge < -0.3 is 4.74 Å². The fraction of sp³-hybridized carbons (Fsp3) is 0.750. The molecule has 1 fully saturated rings. The molecule has 4 heteroatoms. The molecule has 0 unspecified atom stereocenters. The monoisotopic (exact) mass is 158 g/mol. The molecule has 1 heterocycles. The van der Waals surface area contributed by atoms with Crippen LogP contribution in [-0.2, 0) is 27.2 Å². The molecule has 0 saturated carbocycles. The molecule has 0 radical (unpaired) electrons. The SMILES string of the molecule is [CH-]1CCCO1.[O]=[Mn]=[O]. The molecule has 1 aliphatic rings. The van der Waals surface area contributed by atoms with E-state index in [1.165, 1.54) is 6.42 Å². The third-order valence-electron chi connectivity index (χ3n) is 0.702.